The number of hydrogen-bond acceptors (Lipinski definition) is 5. The third-order valence-corrected chi connectivity index (χ3v) is 6.64. The number of rotatable bonds is 9. The highest BCUT2D eigenvalue weighted by atomic mass is 32.2. The fourth-order valence-electron chi connectivity index (χ4n) is 1.47. The number of thiophene rings is 1. The molecule has 1 heterocycles. The minimum Gasteiger partial charge on any atom is -0.312 e. The lowest BCUT2D eigenvalue weighted by molar-refractivity contribution is 0.490. The van der Waals surface area contributed by atoms with Crippen LogP contribution >= 0.6 is 23.1 Å². The smallest absolute Gasteiger partial charge is 0.252 e. The summed E-state index contributed by atoms with van der Waals surface area (Å²) in [7, 11) is -1.67. The second-order valence-electron chi connectivity index (χ2n) is 4.22. The summed E-state index contributed by atoms with van der Waals surface area (Å²) in [5.74, 6) is 0.812. The van der Waals surface area contributed by atoms with Gasteiger partial charge in [0.05, 0.1) is 0 Å². The monoisotopic (exact) mass is 322 g/mol. The summed E-state index contributed by atoms with van der Waals surface area (Å²) >= 11 is 3.00. The number of hydrogen-bond donors (Lipinski definition) is 1. The molecule has 1 rings (SSSR count). The van der Waals surface area contributed by atoms with Gasteiger partial charge in [0.1, 0.15) is 4.21 Å². The Labute approximate surface area is 124 Å². The van der Waals surface area contributed by atoms with Crippen LogP contribution in [0.15, 0.2) is 16.3 Å². The van der Waals surface area contributed by atoms with Gasteiger partial charge in [0.2, 0.25) is 0 Å². The molecule has 0 fully saturated rings. The Kier molecular flexibility index (Phi) is 7.38. The molecule has 0 saturated carbocycles. The molecule has 0 spiro atoms. The van der Waals surface area contributed by atoms with Crippen LogP contribution < -0.4 is 5.32 Å². The van der Waals surface area contributed by atoms with E-state index in [0.717, 1.165) is 30.1 Å². The van der Waals surface area contributed by atoms with Gasteiger partial charge in [-0.1, -0.05) is 6.92 Å². The predicted molar refractivity (Wildman–Crippen MR) is 84.5 cm³/mol. The van der Waals surface area contributed by atoms with Crippen molar-refractivity contribution in [1.29, 1.82) is 0 Å². The molecule has 7 heteroatoms. The molecule has 0 unspecified atom stereocenters. The lowest BCUT2D eigenvalue weighted by Crippen LogP contribution is -2.28. The first-order valence-electron chi connectivity index (χ1n) is 6.27. The molecule has 0 aromatic carbocycles. The standard InChI is InChI=1S/C12H22N2O2S3/c1-4-7-13-10-11-5-6-12(18-11)19(15,16)14(2)8-9-17-3/h5-6,13H,4,7-10H2,1-3H3. The third-order valence-electron chi connectivity index (χ3n) is 2.64. The normalized spacial score (nSPS) is 12.2. The van der Waals surface area contributed by atoms with Gasteiger partial charge in [0.25, 0.3) is 10.0 Å². The molecule has 110 valence electrons. The summed E-state index contributed by atoms with van der Waals surface area (Å²) in [6.45, 7) is 4.35. The average molecular weight is 323 g/mol. The maximum Gasteiger partial charge on any atom is 0.252 e. The molecule has 0 radical (unpaired) electrons. The largest absolute Gasteiger partial charge is 0.312 e. The molecule has 0 aliphatic rings. The van der Waals surface area contributed by atoms with Gasteiger partial charge in [-0.25, -0.2) is 8.42 Å². The van der Waals surface area contributed by atoms with Gasteiger partial charge in [-0.2, -0.15) is 16.1 Å². The summed E-state index contributed by atoms with van der Waals surface area (Å²) in [5.41, 5.74) is 0. The summed E-state index contributed by atoms with van der Waals surface area (Å²) in [4.78, 5) is 1.06. The van der Waals surface area contributed by atoms with E-state index < -0.39 is 10.0 Å². The Morgan fingerprint density at radius 1 is 1.42 bits per heavy atom. The lowest BCUT2D eigenvalue weighted by atomic mass is 10.4. The number of sulfonamides is 1. The van der Waals surface area contributed by atoms with Gasteiger partial charge >= 0.3 is 0 Å². The van der Waals surface area contributed by atoms with E-state index in [2.05, 4.69) is 12.2 Å². The Morgan fingerprint density at radius 2 is 2.16 bits per heavy atom. The maximum absolute atomic E-state index is 12.3. The summed E-state index contributed by atoms with van der Waals surface area (Å²) in [6.07, 6.45) is 3.05. The first kappa shape index (κ1) is 17.0. The minimum absolute atomic E-state index is 0.435. The van der Waals surface area contributed by atoms with Crippen molar-refractivity contribution >= 4 is 33.1 Å². The van der Waals surface area contributed by atoms with Gasteiger partial charge in [-0.3, -0.25) is 0 Å². The highest BCUT2D eigenvalue weighted by Crippen LogP contribution is 2.24. The molecule has 0 bridgehead atoms. The zero-order valence-electron chi connectivity index (χ0n) is 11.7. The molecule has 1 N–H and O–H groups in total. The molecule has 0 amide bonds. The number of nitrogens with zero attached hydrogens (tertiary/aromatic N) is 1. The van der Waals surface area contributed by atoms with E-state index in [-0.39, 0.29) is 0 Å². The maximum atomic E-state index is 12.3. The number of thioether (sulfide) groups is 1. The van der Waals surface area contributed by atoms with Crippen LogP contribution in [0.3, 0.4) is 0 Å². The van der Waals surface area contributed by atoms with Gasteiger partial charge in [-0.15, -0.1) is 11.3 Å². The molecule has 4 nitrogen and oxygen atoms in total. The van der Waals surface area contributed by atoms with E-state index >= 15 is 0 Å². The highest BCUT2D eigenvalue weighted by Gasteiger charge is 2.22. The molecular weight excluding hydrogens is 300 g/mol. The summed E-state index contributed by atoms with van der Waals surface area (Å²) < 4.78 is 26.4. The first-order chi connectivity index (χ1) is 9.02. The highest BCUT2D eigenvalue weighted by molar-refractivity contribution is 7.98. The molecule has 1 aromatic heterocycles. The van der Waals surface area contributed by atoms with E-state index in [1.165, 1.54) is 15.6 Å². The Bertz CT molecular complexity index is 471. The van der Waals surface area contributed by atoms with Crippen molar-refractivity contribution in [2.24, 2.45) is 0 Å². The Hall–Kier alpha value is -0.0800. The summed E-state index contributed by atoms with van der Waals surface area (Å²) in [5, 5.41) is 3.28. The van der Waals surface area contributed by atoms with Crippen LogP contribution in [0.1, 0.15) is 18.2 Å². The molecule has 0 aliphatic heterocycles. The van der Waals surface area contributed by atoms with Gasteiger partial charge in [0, 0.05) is 30.8 Å². The van der Waals surface area contributed by atoms with Gasteiger partial charge in [-0.05, 0) is 31.4 Å². The Morgan fingerprint density at radius 3 is 2.79 bits per heavy atom. The molecule has 0 atom stereocenters. The van der Waals surface area contributed by atoms with E-state index in [1.54, 1.807) is 24.9 Å². The lowest BCUT2D eigenvalue weighted by Gasteiger charge is -2.14. The second-order valence-corrected chi connectivity index (χ2v) is 8.64. The SMILES string of the molecule is CCCNCc1ccc(S(=O)(=O)N(C)CCSC)s1. The van der Waals surface area contributed by atoms with E-state index in [9.17, 15) is 8.42 Å². The quantitative estimate of drug-likeness (QED) is 0.708. The van der Waals surface area contributed by atoms with Gasteiger partial charge < -0.3 is 5.32 Å². The van der Waals surface area contributed by atoms with Crippen LogP contribution in [0.2, 0.25) is 0 Å². The van der Waals surface area contributed by atoms with Crippen molar-refractivity contribution in [2.75, 3.05) is 32.1 Å². The van der Waals surface area contributed by atoms with Gasteiger partial charge in [0.15, 0.2) is 0 Å². The fourth-order valence-corrected chi connectivity index (χ4v) is 4.75. The topological polar surface area (TPSA) is 49.4 Å². The van der Waals surface area contributed by atoms with Crippen LogP contribution in [0.5, 0.6) is 0 Å². The Balaban J connectivity index is 2.68. The first-order valence-corrected chi connectivity index (χ1v) is 9.92. The van der Waals surface area contributed by atoms with Crippen LogP contribution in [-0.4, -0.2) is 44.9 Å². The van der Waals surface area contributed by atoms with Crippen LogP contribution in [0.25, 0.3) is 0 Å². The van der Waals surface area contributed by atoms with Crippen LogP contribution in [0, 0.1) is 0 Å². The van der Waals surface area contributed by atoms with Crippen molar-refractivity contribution in [3.05, 3.63) is 17.0 Å². The molecular formula is C12H22N2O2S3. The van der Waals surface area contributed by atoms with E-state index in [1.807, 2.05) is 12.3 Å². The summed E-state index contributed by atoms with van der Waals surface area (Å²) in [6, 6.07) is 3.60. The van der Waals surface area contributed by atoms with Crippen LogP contribution in [0.4, 0.5) is 0 Å². The van der Waals surface area contributed by atoms with Crippen molar-refractivity contribution in [1.82, 2.24) is 9.62 Å². The predicted octanol–water partition coefficient (Wildman–Crippen LogP) is 2.23. The van der Waals surface area contributed by atoms with Crippen molar-refractivity contribution in [3.8, 4) is 0 Å². The van der Waals surface area contributed by atoms with Crippen molar-refractivity contribution < 1.29 is 8.42 Å². The van der Waals surface area contributed by atoms with E-state index in [0.29, 0.717) is 10.8 Å². The molecule has 1 aromatic rings. The molecule has 0 aliphatic carbocycles. The second kappa shape index (κ2) is 8.26. The zero-order valence-corrected chi connectivity index (χ0v) is 14.1. The van der Waals surface area contributed by atoms with Crippen molar-refractivity contribution in [2.45, 2.75) is 24.1 Å². The number of nitrogens with one attached hydrogen (secondary N) is 1. The molecule has 19 heavy (non-hydrogen) atoms. The minimum atomic E-state index is -3.31. The third kappa shape index (κ3) is 5.07. The van der Waals surface area contributed by atoms with Crippen molar-refractivity contribution in [3.63, 3.8) is 0 Å². The van der Waals surface area contributed by atoms with E-state index in [4.69, 9.17) is 0 Å². The zero-order chi connectivity index (χ0) is 14.3. The van der Waals surface area contributed by atoms with Crippen LogP contribution in [-0.2, 0) is 16.6 Å². The molecule has 0 saturated heterocycles. The fraction of sp³-hybridized carbons (Fsp3) is 0.667. The average Bonchev–Trinajstić information content (AvgIpc) is 2.85.